The van der Waals surface area contributed by atoms with Gasteiger partial charge in [-0.05, 0) is 35.2 Å². The maximum absolute atomic E-state index is 12.6. The lowest BCUT2D eigenvalue weighted by atomic mass is 9.92. The molecular weight excluding hydrogens is 378 g/mol. The van der Waals surface area contributed by atoms with Gasteiger partial charge in [-0.3, -0.25) is 0 Å². The lowest BCUT2D eigenvalue weighted by molar-refractivity contribution is 0.174. The van der Waals surface area contributed by atoms with Crippen LogP contribution in [-0.4, -0.2) is 31.3 Å². The summed E-state index contributed by atoms with van der Waals surface area (Å²) in [6, 6.07) is 8.74. The molecule has 5 rings (SSSR count). The molecule has 29 heavy (non-hydrogen) atoms. The van der Waals surface area contributed by atoms with E-state index in [9.17, 15) is 9.90 Å². The number of rotatable bonds is 3. The quantitative estimate of drug-likeness (QED) is 0.528. The van der Waals surface area contributed by atoms with Crippen LogP contribution in [0.4, 0.5) is 0 Å². The first-order chi connectivity index (χ1) is 14.1. The number of aromatic nitrogens is 1. The molecule has 0 spiro atoms. The molecule has 0 fully saturated rings. The van der Waals surface area contributed by atoms with Gasteiger partial charge in [0.15, 0.2) is 23.0 Å². The van der Waals surface area contributed by atoms with E-state index in [0.29, 0.717) is 44.9 Å². The van der Waals surface area contributed by atoms with Crippen LogP contribution < -0.4 is 24.6 Å². The standard InChI is InChI=1S/C21H15NO7/c1-25-15-6-11-12(7-16(15)26-2)20(23)13-8-22-29-21(24)19(13)18(11)10-3-4-14-17(5-10)28-9-27-14/h3-8,23H,9H2,1-2H3. The molecule has 0 radical (unpaired) electrons. The van der Waals surface area contributed by atoms with E-state index in [4.69, 9.17) is 23.5 Å². The van der Waals surface area contributed by atoms with Gasteiger partial charge in [-0.1, -0.05) is 11.2 Å². The maximum Gasteiger partial charge on any atom is 0.367 e. The Bertz CT molecular complexity index is 1340. The summed E-state index contributed by atoms with van der Waals surface area (Å²) in [6.45, 7) is 0.132. The Morgan fingerprint density at radius 1 is 0.966 bits per heavy atom. The van der Waals surface area contributed by atoms with Gasteiger partial charge in [0, 0.05) is 10.9 Å². The molecule has 1 aliphatic heterocycles. The number of phenols is 1. The molecule has 0 saturated heterocycles. The fourth-order valence-electron chi connectivity index (χ4n) is 3.68. The van der Waals surface area contributed by atoms with E-state index in [1.54, 1.807) is 24.3 Å². The summed E-state index contributed by atoms with van der Waals surface area (Å²) < 4.78 is 26.5. The van der Waals surface area contributed by atoms with Gasteiger partial charge >= 0.3 is 5.63 Å². The van der Waals surface area contributed by atoms with E-state index in [0.717, 1.165) is 0 Å². The minimum absolute atomic E-state index is 0.0964. The van der Waals surface area contributed by atoms with E-state index in [2.05, 4.69) is 5.16 Å². The number of aromatic hydroxyl groups is 1. The van der Waals surface area contributed by atoms with Crippen LogP contribution in [-0.2, 0) is 0 Å². The summed E-state index contributed by atoms with van der Waals surface area (Å²) in [7, 11) is 3.03. The predicted octanol–water partition coefficient (Wildman–Crippen LogP) is 3.46. The van der Waals surface area contributed by atoms with Crippen LogP contribution in [0.3, 0.4) is 0 Å². The van der Waals surface area contributed by atoms with Gasteiger partial charge < -0.3 is 28.6 Å². The second-order valence-corrected chi connectivity index (χ2v) is 6.45. The third-order valence-electron chi connectivity index (χ3n) is 5.01. The van der Waals surface area contributed by atoms with Gasteiger partial charge in [0.05, 0.1) is 31.2 Å². The van der Waals surface area contributed by atoms with Crippen LogP contribution in [0.25, 0.3) is 32.7 Å². The highest BCUT2D eigenvalue weighted by Gasteiger charge is 2.23. The normalized spacial score (nSPS) is 12.5. The fourth-order valence-corrected chi connectivity index (χ4v) is 3.68. The average molecular weight is 393 g/mol. The zero-order chi connectivity index (χ0) is 20.1. The van der Waals surface area contributed by atoms with Gasteiger partial charge in [-0.2, -0.15) is 0 Å². The molecule has 8 heteroatoms. The summed E-state index contributed by atoms with van der Waals surface area (Å²) in [5.41, 5.74) is 0.584. The molecule has 1 aromatic heterocycles. The van der Waals surface area contributed by atoms with Crippen molar-refractivity contribution in [2.45, 2.75) is 0 Å². The number of hydrogen-bond acceptors (Lipinski definition) is 8. The third-order valence-corrected chi connectivity index (χ3v) is 5.01. The SMILES string of the molecule is COc1cc2c(O)c3cnoc(=O)c3c(-c3ccc4c(c3)OCO4)c2cc1OC. The van der Waals surface area contributed by atoms with E-state index < -0.39 is 5.63 Å². The molecule has 0 aliphatic carbocycles. The third kappa shape index (κ3) is 2.46. The van der Waals surface area contributed by atoms with Crippen LogP contribution in [0.5, 0.6) is 28.7 Å². The van der Waals surface area contributed by atoms with Crippen molar-refractivity contribution in [1.29, 1.82) is 0 Å². The first kappa shape index (κ1) is 17.2. The van der Waals surface area contributed by atoms with Crippen molar-refractivity contribution in [3.05, 3.63) is 46.9 Å². The van der Waals surface area contributed by atoms with Crippen molar-refractivity contribution < 1.29 is 28.6 Å². The van der Waals surface area contributed by atoms with E-state index in [1.165, 1.54) is 20.4 Å². The molecule has 2 heterocycles. The molecule has 0 amide bonds. The fraction of sp³-hybridized carbons (Fsp3) is 0.143. The minimum atomic E-state index is -0.665. The highest BCUT2D eigenvalue weighted by atomic mass is 16.7. The Morgan fingerprint density at radius 3 is 2.45 bits per heavy atom. The van der Waals surface area contributed by atoms with Gasteiger partial charge in [0.2, 0.25) is 6.79 Å². The minimum Gasteiger partial charge on any atom is -0.507 e. The average Bonchev–Trinajstić information content (AvgIpc) is 3.21. The monoisotopic (exact) mass is 393 g/mol. The Kier molecular flexibility index (Phi) is 3.73. The second kappa shape index (κ2) is 6.30. The largest absolute Gasteiger partial charge is 0.507 e. The van der Waals surface area contributed by atoms with Gasteiger partial charge in [-0.25, -0.2) is 4.79 Å². The highest BCUT2D eigenvalue weighted by Crippen LogP contribution is 2.46. The second-order valence-electron chi connectivity index (χ2n) is 6.45. The van der Waals surface area contributed by atoms with Crippen molar-refractivity contribution in [3.8, 4) is 39.9 Å². The van der Waals surface area contributed by atoms with Gasteiger partial charge in [0.1, 0.15) is 5.75 Å². The van der Waals surface area contributed by atoms with Gasteiger partial charge in [-0.15, -0.1) is 0 Å². The number of benzene rings is 3. The molecule has 1 aliphatic rings. The van der Waals surface area contributed by atoms with E-state index in [1.807, 2.05) is 6.07 Å². The highest BCUT2D eigenvalue weighted by molar-refractivity contribution is 6.17. The number of ether oxygens (including phenoxy) is 4. The molecule has 0 saturated carbocycles. The van der Waals surface area contributed by atoms with Crippen molar-refractivity contribution >= 4 is 21.5 Å². The van der Waals surface area contributed by atoms with Crippen LogP contribution in [0.2, 0.25) is 0 Å². The maximum atomic E-state index is 12.6. The summed E-state index contributed by atoms with van der Waals surface area (Å²) >= 11 is 0. The molecule has 0 bridgehead atoms. The molecular formula is C21H15NO7. The van der Waals surface area contributed by atoms with Crippen molar-refractivity contribution in [3.63, 3.8) is 0 Å². The summed E-state index contributed by atoms with van der Waals surface area (Å²) in [5.74, 6) is 1.99. The smallest absolute Gasteiger partial charge is 0.367 e. The number of fused-ring (bicyclic) bond motifs is 3. The zero-order valence-electron chi connectivity index (χ0n) is 15.5. The molecule has 0 atom stereocenters. The molecule has 0 unspecified atom stereocenters. The molecule has 146 valence electrons. The van der Waals surface area contributed by atoms with Crippen molar-refractivity contribution in [1.82, 2.24) is 5.16 Å². The Labute approximate surface area is 163 Å². The zero-order valence-corrected chi connectivity index (χ0v) is 15.5. The molecule has 8 nitrogen and oxygen atoms in total. The van der Waals surface area contributed by atoms with Crippen molar-refractivity contribution in [2.75, 3.05) is 21.0 Å². The number of nitrogens with zero attached hydrogens (tertiary/aromatic N) is 1. The van der Waals surface area contributed by atoms with E-state index >= 15 is 0 Å². The Balaban J connectivity index is 1.98. The van der Waals surface area contributed by atoms with Crippen LogP contribution in [0.15, 0.2) is 45.8 Å². The molecule has 1 N–H and O–H groups in total. The lowest BCUT2D eigenvalue weighted by Gasteiger charge is -2.16. The predicted molar refractivity (Wildman–Crippen MR) is 104 cm³/mol. The van der Waals surface area contributed by atoms with Gasteiger partial charge in [0.25, 0.3) is 0 Å². The first-order valence-electron chi connectivity index (χ1n) is 8.71. The van der Waals surface area contributed by atoms with Crippen molar-refractivity contribution in [2.24, 2.45) is 0 Å². The Hall–Kier alpha value is -3.94. The Morgan fingerprint density at radius 2 is 1.69 bits per heavy atom. The number of methoxy groups -OCH3 is 2. The molecule has 4 aromatic rings. The topological polar surface area (TPSA) is 100 Å². The summed E-state index contributed by atoms with van der Waals surface area (Å²) in [4.78, 5) is 12.6. The molecule has 3 aromatic carbocycles. The van der Waals surface area contributed by atoms with Crippen LogP contribution in [0.1, 0.15) is 0 Å². The van der Waals surface area contributed by atoms with Crippen LogP contribution in [0, 0.1) is 0 Å². The van der Waals surface area contributed by atoms with E-state index in [-0.39, 0.29) is 23.3 Å². The number of phenolic OH excluding ortho intramolecular Hbond substituents is 1. The van der Waals surface area contributed by atoms with Crippen LogP contribution >= 0.6 is 0 Å². The lowest BCUT2D eigenvalue weighted by Crippen LogP contribution is -2.04. The summed E-state index contributed by atoms with van der Waals surface area (Å²) in [5, 5.41) is 16.0. The summed E-state index contributed by atoms with van der Waals surface area (Å²) in [6.07, 6.45) is 1.32. The number of hydrogen-bond donors (Lipinski definition) is 1. The first-order valence-corrected chi connectivity index (χ1v) is 8.71.